The number of rotatable bonds is 3. The van der Waals surface area contributed by atoms with Gasteiger partial charge < -0.3 is 14.7 Å². The van der Waals surface area contributed by atoms with Crippen molar-refractivity contribution in [3.63, 3.8) is 0 Å². The molecule has 0 aromatic carbocycles. The van der Waals surface area contributed by atoms with Crippen LogP contribution in [0.4, 0.5) is 13.6 Å². The molecular formula is C14H25F2NO3. The van der Waals surface area contributed by atoms with Crippen molar-refractivity contribution < 1.29 is 23.4 Å². The Balaban J connectivity index is 2.78. The number of carbonyl (C=O) groups is 1. The molecule has 0 heterocycles. The van der Waals surface area contributed by atoms with Crippen LogP contribution in [0, 0.1) is 0 Å². The molecule has 1 amide bonds. The normalized spacial score (nSPS) is 21.4. The lowest BCUT2D eigenvalue weighted by atomic mass is 9.90. The average molecular weight is 293 g/mol. The smallest absolute Gasteiger partial charge is 0.410 e. The van der Waals surface area contributed by atoms with Crippen LogP contribution in [0.2, 0.25) is 0 Å². The van der Waals surface area contributed by atoms with E-state index in [0.717, 1.165) is 0 Å². The van der Waals surface area contributed by atoms with Crippen molar-refractivity contribution >= 4 is 6.09 Å². The molecule has 1 aliphatic carbocycles. The molecule has 0 saturated heterocycles. The maximum Gasteiger partial charge on any atom is 0.410 e. The Morgan fingerprint density at radius 1 is 1.40 bits per heavy atom. The van der Waals surface area contributed by atoms with E-state index in [9.17, 15) is 18.7 Å². The molecule has 118 valence electrons. The Labute approximate surface area is 119 Å². The van der Waals surface area contributed by atoms with Gasteiger partial charge in [-0.25, -0.2) is 13.6 Å². The first-order chi connectivity index (χ1) is 9.06. The second kappa shape index (κ2) is 6.24. The largest absolute Gasteiger partial charge is 0.444 e. The van der Waals surface area contributed by atoms with Crippen LogP contribution in [0.5, 0.6) is 0 Å². The van der Waals surface area contributed by atoms with Gasteiger partial charge in [0.1, 0.15) is 5.60 Å². The summed E-state index contributed by atoms with van der Waals surface area (Å²) in [6.07, 6.45) is -0.536. The fourth-order valence-corrected chi connectivity index (χ4v) is 2.39. The molecular weight excluding hydrogens is 268 g/mol. The minimum atomic E-state index is -2.64. The van der Waals surface area contributed by atoms with Gasteiger partial charge in [0, 0.05) is 18.9 Å². The van der Waals surface area contributed by atoms with Gasteiger partial charge in [-0.1, -0.05) is 0 Å². The molecule has 1 rings (SSSR count). The van der Waals surface area contributed by atoms with Crippen LogP contribution in [0.1, 0.15) is 53.4 Å². The zero-order chi connectivity index (χ0) is 15.6. The van der Waals surface area contributed by atoms with E-state index < -0.39 is 23.7 Å². The van der Waals surface area contributed by atoms with E-state index in [1.165, 1.54) is 4.90 Å². The molecule has 0 radical (unpaired) electrons. The van der Waals surface area contributed by atoms with E-state index in [1.807, 2.05) is 0 Å². The number of hydrogen-bond donors (Lipinski definition) is 1. The summed E-state index contributed by atoms with van der Waals surface area (Å²) in [5.41, 5.74) is -0.650. The summed E-state index contributed by atoms with van der Waals surface area (Å²) in [6.45, 7) is 6.73. The third-order valence-electron chi connectivity index (χ3n) is 3.42. The molecule has 4 nitrogen and oxygen atoms in total. The molecule has 0 bridgehead atoms. The van der Waals surface area contributed by atoms with Gasteiger partial charge >= 0.3 is 6.09 Å². The molecule has 1 saturated carbocycles. The third-order valence-corrected chi connectivity index (χ3v) is 3.42. The molecule has 0 aromatic rings. The van der Waals surface area contributed by atoms with E-state index in [0.29, 0.717) is 0 Å². The van der Waals surface area contributed by atoms with Crippen LogP contribution in [-0.4, -0.2) is 46.3 Å². The first kappa shape index (κ1) is 17.1. The number of amides is 1. The van der Waals surface area contributed by atoms with Crippen molar-refractivity contribution in [2.75, 3.05) is 6.61 Å². The van der Waals surface area contributed by atoms with Gasteiger partial charge in [0.2, 0.25) is 5.92 Å². The molecule has 0 aliphatic heterocycles. The highest BCUT2D eigenvalue weighted by Crippen LogP contribution is 2.36. The Kier molecular flexibility index (Phi) is 5.35. The predicted octanol–water partition coefficient (Wildman–Crippen LogP) is 3.18. The summed E-state index contributed by atoms with van der Waals surface area (Å²) in [7, 11) is 0. The molecule has 20 heavy (non-hydrogen) atoms. The average Bonchev–Trinajstić information content (AvgIpc) is 2.29. The highest BCUT2D eigenvalue weighted by atomic mass is 19.3. The quantitative estimate of drug-likeness (QED) is 0.869. The lowest BCUT2D eigenvalue weighted by molar-refractivity contribution is -0.0639. The SMILES string of the molecule is C[C@@H](CO)N(C(=O)OC(C)(C)C)C1CCC(F)(F)CC1. The summed E-state index contributed by atoms with van der Waals surface area (Å²) >= 11 is 0. The van der Waals surface area contributed by atoms with Crippen LogP contribution in [0.3, 0.4) is 0 Å². The van der Waals surface area contributed by atoms with Gasteiger partial charge in [-0.15, -0.1) is 0 Å². The predicted molar refractivity (Wildman–Crippen MR) is 71.8 cm³/mol. The minimum absolute atomic E-state index is 0.216. The van der Waals surface area contributed by atoms with Gasteiger partial charge in [-0.2, -0.15) is 0 Å². The fourth-order valence-electron chi connectivity index (χ4n) is 2.39. The number of alkyl halides is 2. The number of nitrogens with zero attached hydrogens (tertiary/aromatic N) is 1. The van der Waals surface area contributed by atoms with Crippen LogP contribution in [0.15, 0.2) is 0 Å². The number of hydrogen-bond acceptors (Lipinski definition) is 3. The summed E-state index contributed by atoms with van der Waals surface area (Å²) in [4.78, 5) is 13.6. The molecule has 1 fully saturated rings. The third kappa shape index (κ3) is 4.89. The summed E-state index contributed by atoms with van der Waals surface area (Å²) in [5, 5.41) is 9.29. The summed E-state index contributed by atoms with van der Waals surface area (Å²) in [5.74, 6) is -2.64. The maximum atomic E-state index is 13.2. The van der Waals surface area contributed by atoms with E-state index in [1.54, 1.807) is 27.7 Å². The van der Waals surface area contributed by atoms with Crippen molar-refractivity contribution in [2.45, 2.75) is 77.0 Å². The van der Waals surface area contributed by atoms with E-state index in [-0.39, 0.29) is 38.3 Å². The molecule has 0 unspecified atom stereocenters. The summed E-state index contributed by atoms with van der Waals surface area (Å²) < 4.78 is 31.7. The van der Waals surface area contributed by atoms with Crippen molar-refractivity contribution in [3.8, 4) is 0 Å². The molecule has 0 aromatic heterocycles. The van der Waals surface area contributed by atoms with E-state index >= 15 is 0 Å². The first-order valence-electron chi connectivity index (χ1n) is 7.06. The van der Waals surface area contributed by atoms with Crippen molar-refractivity contribution in [1.29, 1.82) is 0 Å². The Morgan fingerprint density at radius 2 is 1.90 bits per heavy atom. The van der Waals surface area contributed by atoms with E-state index in [2.05, 4.69) is 0 Å². The number of halogens is 2. The Hall–Kier alpha value is -0.910. The van der Waals surface area contributed by atoms with Crippen LogP contribution in [-0.2, 0) is 4.74 Å². The van der Waals surface area contributed by atoms with Gasteiger partial charge in [-0.05, 0) is 40.5 Å². The van der Waals surface area contributed by atoms with Crippen LogP contribution in [0.25, 0.3) is 0 Å². The summed E-state index contributed by atoms with van der Waals surface area (Å²) in [6, 6.07) is -0.742. The van der Waals surface area contributed by atoms with Gasteiger partial charge in [-0.3, -0.25) is 0 Å². The standard InChI is InChI=1S/C14H25F2NO3/c1-10(9-18)17(12(19)20-13(2,3)4)11-5-7-14(15,16)8-6-11/h10-11,18H,5-9H2,1-4H3/t10-/m0/s1. The zero-order valence-corrected chi connectivity index (χ0v) is 12.7. The molecule has 1 aliphatic rings. The van der Waals surface area contributed by atoms with Gasteiger partial charge in [0.05, 0.1) is 12.6 Å². The fraction of sp³-hybridized carbons (Fsp3) is 0.929. The molecule has 0 spiro atoms. The van der Waals surface area contributed by atoms with Crippen molar-refractivity contribution in [2.24, 2.45) is 0 Å². The highest BCUT2D eigenvalue weighted by Gasteiger charge is 2.40. The maximum absolute atomic E-state index is 13.2. The Morgan fingerprint density at radius 3 is 2.30 bits per heavy atom. The van der Waals surface area contributed by atoms with Crippen molar-refractivity contribution in [3.05, 3.63) is 0 Å². The number of aliphatic hydroxyl groups is 1. The number of carbonyl (C=O) groups excluding carboxylic acids is 1. The molecule has 6 heteroatoms. The zero-order valence-electron chi connectivity index (χ0n) is 12.7. The lowest BCUT2D eigenvalue weighted by Crippen LogP contribution is -2.51. The number of ether oxygens (including phenoxy) is 1. The Bertz CT molecular complexity index is 332. The van der Waals surface area contributed by atoms with Crippen molar-refractivity contribution in [1.82, 2.24) is 4.90 Å². The highest BCUT2D eigenvalue weighted by molar-refractivity contribution is 5.69. The topological polar surface area (TPSA) is 49.8 Å². The van der Waals surface area contributed by atoms with E-state index in [4.69, 9.17) is 4.74 Å². The lowest BCUT2D eigenvalue weighted by Gasteiger charge is -2.40. The monoisotopic (exact) mass is 293 g/mol. The van der Waals surface area contributed by atoms with Gasteiger partial charge in [0.15, 0.2) is 0 Å². The molecule has 1 N–H and O–H groups in total. The van der Waals surface area contributed by atoms with Crippen LogP contribution < -0.4 is 0 Å². The van der Waals surface area contributed by atoms with Crippen LogP contribution >= 0.6 is 0 Å². The molecule has 1 atom stereocenters. The second-order valence-corrected chi connectivity index (χ2v) is 6.51. The first-order valence-corrected chi connectivity index (χ1v) is 7.06. The minimum Gasteiger partial charge on any atom is -0.444 e. The number of aliphatic hydroxyl groups excluding tert-OH is 1. The second-order valence-electron chi connectivity index (χ2n) is 6.51. The van der Waals surface area contributed by atoms with Gasteiger partial charge in [0.25, 0.3) is 0 Å².